The Morgan fingerprint density at radius 1 is 1.13 bits per heavy atom. The smallest absolute Gasteiger partial charge is 0.224 e. The summed E-state index contributed by atoms with van der Waals surface area (Å²) in [5.74, 6) is 0.694. The van der Waals surface area contributed by atoms with Crippen LogP contribution in [0, 0.1) is 6.92 Å². The van der Waals surface area contributed by atoms with Crippen LogP contribution in [0.4, 0.5) is 5.95 Å². The fourth-order valence-electron chi connectivity index (χ4n) is 1.08. The van der Waals surface area contributed by atoms with Crippen molar-refractivity contribution in [2.45, 2.75) is 6.92 Å². The molecule has 15 heavy (non-hydrogen) atoms. The zero-order valence-electron chi connectivity index (χ0n) is 8.80. The molecular weight excluding hydrogens is 210 g/mol. The van der Waals surface area contributed by atoms with Crippen LogP contribution in [0.1, 0.15) is 5.01 Å². The zero-order chi connectivity index (χ0) is 10.8. The summed E-state index contributed by atoms with van der Waals surface area (Å²) in [7, 11) is 3.81. The Morgan fingerprint density at radius 3 is 2.27 bits per heavy atom. The van der Waals surface area contributed by atoms with Gasteiger partial charge < -0.3 is 4.90 Å². The summed E-state index contributed by atoms with van der Waals surface area (Å²) in [5.41, 5.74) is 0.909. The molecule has 0 spiro atoms. The van der Waals surface area contributed by atoms with E-state index < -0.39 is 0 Å². The van der Waals surface area contributed by atoms with Crippen LogP contribution in [0.15, 0.2) is 12.4 Å². The minimum absolute atomic E-state index is 0.694. The third kappa shape index (κ3) is 2.10. The lowest BCUT2D eigenvalue weighted by Gasteiger charge is -2.08. The molecule has 0 bridgehead atoms. The number of hydrogen-bond acceptors (Lipinski definition) is 6. The first-order valence-electron chi connectivity index (χ1n) is 4.46. The van der Waals surface area contributed by atoms with Crippen molar-refractivity contribution in [3.8, 4) is 10.6 Å². The highest BCUT2D eigenvalue weighted by atomic mass is 32.1. The quantitative estimate of drug-likeness (QED) is 0.766. The van der Waals surface area contributed by atoms with Gasteiger partial charge in [0.1, 0.15) is 5.01 Å². The van der Waals surface area contributed by atoms with Gasteiger partial charge in [0, 0.05) is 32.1 Å². The molecule has 0 saturated heterocycles. The second-order valence-corrected chi connectivity index (χ2v) is 4.47. The molecule has 2 rings (SSSR count). The second kappa shape index (κ2) is 3.90. The molecule has 2 aromatic rings. The molecule has 2 aromatic heterocycles. The average molecular weight is 221 g/mol. The Bertz CT molecular complexity index is 448. The number of aryl methyl sites for hydroxylation is 1. The van der Waals surface area contributed by atoms with Gasteiger partial charge in [0.25, 0.3) is 0 Å². The lowest BCUT2D eigenvalue weighted by Crippen LogP contribution is -2.12. The first kappa shape index (κ1) is 9.97. The fraction of sp³-hybridized carbons (Fsp3) is 0.333. The van der Waals surface area contributed by atoms with Gasteiger partial charge in [-0.25, -0.2) is 9.97 Å². The molecule has 5 nitrogen and oxygen atoms in total. The molecule has 2 heterocycles. The van der Waals surface area contributed by atoms with Gasteiger partial charge in [-0.3, -0.25) is 0 Å². The molecule has 0 aliphatic rings. The second-order valence-electron chi connectivity index (χ2n) is 3.29. The summed E-state index contributed by atoms with van der Waals surface area (Å²) < 4.78 is 0. The molecule has 78 valence electrons. The average Bonchev–Trinajstić information content (AvgIpc) is 2.65. The highest BCUT2D eigenvalue weighted by Gasteiger charge is 2.05. The molecule has 6 heteroatoms. The molecule has 0 atom stereocenters. The molecule has 0 N–H and O–H groups in total. The Hall–Kier alpha value is -1.56. The Morgan fingerprint density at radius 2 is 1.80 bits per heavy atom. The monoisotopic (exact) mass is 221 g/mol. The molecule has 0 aliphatic heterocycles. The fourth-order valence-corrected chi connectivity index (χ4v) is 1.74. The van der Waals surface area contributed by atoms with Gasteiger partial charge in [-0.2, -0.15) is 0 Å². The van der Waals surface area contributed by atoms with E-state index in [1.807, 2.05) is 25.9 Å². The van der Waals surface area contributed by atoms with Crippen molar-refractivity contribution in [1.82, 2.24) is 20.2 Å². The van der Waals surface area contributed by atoms with Crippen molar-refractivity contribution in [2.24, 2.45) is 0 Å². The summed E-state index contributed by atoms with van der Waals surface area (Å²) in [6.45, 7) is 1.93. The van der Waals surface area contributed by atoms with Crippen LogP contribution >= 0.6 is 11.3 Å². The maximum atomic E-state index is 4.22. The van der Waals surface area contributed by atoms with Crippen molar-refractivity contribution in [3.63, 3.8) is 0 Å². The predicted octanol–water partition coefficient (Wildman–Crippen LogP) is 1.37. The minimum atomic E-state index is 0.694. The van der Waals surface area contributed by atoms with Gasteiger partial charge in [-0.1, -0.05) is 11.3 Å². The summed E-state index contributed by atoms with van der Waals surface area (Å²) in [5, 5.41) is 9.79. The molecule has 0 aliphatic carbocycles. The van der Waals surface area contributed by atoms with Crippen LogP contribution in [-0.4, -0.2) is 34.3 Å². The Labute approximate surface area is 91.8 Å². The minimum Gasteiger partial charge on any atom is -0.347 e. The van der Waals surface area contributed by atoms with E-state index in [-0.39, 0.29) is 0 Å². The SMILES string of the molecule is Cc1nnc(-c2cnc(N(C)C)nc2)s1. The number of aromatic nitrogens is 4. The van der Waals surface area contributed by atoms with E-state index in [0.717, 1.165) is 15.6 Å². The number of nitrogens with zero attached hydrogens (tertiary/aromatic N) is 5. The van der Waals surface area contributed by atoms with Gasteiger partial charge in [0.05, 0.1) is 0 Å². The van der Waals surface area contributed by atoms with E-state index in [1.54, 1.807) is 12.4 Å². The van der Waals surface area contributed by atoms with Gasteiger partial charge in [-0.15, -0.1) is 10.2 Å². The van der Waals surface area contributed by atoms with E-state index >= 15 is 0 Å². The van der Waals surface area contributed by atoms with Crippen LogP contribution in [0.2, 0.25) is 0 Å². The maximum absolute atomic E-state index is 4.22. The maximum Gasteiger partial charge on any atom is 0.224 e. The summed E-state index contributed by atoms with van der Waals surface area (Å²) in [6.07, 6.45) is 3.53. The third-order valence-electron chi connectivity index (χ3n) is 1.81. The van der Waals surface area contributed by atoms with E-state index in [1.165, 1.54) is 11.3 Å². The van der Waals surface area contributed by atoms with E-state index in [0.29, 0.717) is 5.95 Å². The van der Waals surface area contributed by atoms with Crippen LogP contribution < -0.4 is 4.90 Å². The van der Waals surface area contributed by atoms with Crippen LogP contribution in [0.5, 0.6) is 0 Å². The highest BCUT2D eigenvalue weighted by molar-refractivity contribution is 7.14. The normalized spacial score (nSPS) is 10.3. The standard InChI is InChI=1S/C9H11N5S/c1-6-12-13-8(15-6)7-4-10-9(11-5-7)14(2)3/h4-5H,1-3H3. The van der Waals surface area contributed by atoms with E-state index in [9.17, 15) is 0 Å². The van der Waals surface area contributed by atoms with Gasteiger partial charge in [-0.05, 0) is 6.92 Å². The molecule has 0 saturated carbocycles. The lowest BCUT2D eigenvalue weighted by molar-refractivity contribution is 0.995. The highest BCUT2D eigenvalue weighted by Crippen LogP contribution is 2.21. The van der Waals surface area contributed by atoms with E-state index in [2.05, 4.69) is 20.2 Å². The number of hydrogen-bond donors (Lipinski definition) is 0. The number of rotatable bonds is 2. The summed E-state index contributed by atoms with van der Waals surface area (Å²) in [4.78, 5) is 10.3. The van der Waals surface area contributed by atoms with Crippen molar-refractivity contribution in [3.05, 3.63) is 17.4 Å². The molecule has 0 unspecified atom stereocenters. The molecule has 0 amide bonds. The van der Waals surface area contributed by atoms with Crippen molar-refractivity contribution >= 4 is 17.3 Å². The van der Waals surface area contributed by atoms with Crippen LogP contribution in [-0.2, 0) is 0 Å². The largest absolute Gasteiger partial charge is 0.347 e. The third-order valence-corrected chi connectivity index (χ3v) is 2.70. The van der Waals surface area contributed by atoms with Crippen LogP contribution in [0.3, 0.4) is 0 Å². The van der Waals surface area contributed by atoms with E-state index in [4.69, 9.17) is 0 Å². The van der Waals surface area contributed by atoms with Gasteiger partial charge in [0.2, 0.25) is 5.95 Å². The molecule has 0 aromatic carbocycles. The van der Waals surface area contributed by atoms with Crippen LogP contribution in [0.25, 0.3) is 10.6 Å². The predicted molar refractivity (Wildman–Crippen MR) is 60.0 cm³/mol. The summed E-state index contributed by atoms with van der Waals surface area (Å²) in [6, 6.07) is 0. The van der Waals surface area contributed by atoms with Crippen molar-refractivity contribution < 1.29 is 0 Å². The molecule has 0 radical (unpaired) electrons. The van der Waals surface area contributed by atoms with Crippen molar-refractivity contribution in [1.29, 1.82) is 0 Å². The first-order chi connectivity index (χ1) is 7.16. The Balaban J connectivity index is 2.31. The summed E-state index contributed by atoms with van der Waals surface area (Å²) >= 11 is 1.54. The first-order valence-corrected chi connectivity index (χ1v) is 5.28. The molecular formula is C9H11N5S. The van der Waals surface area contributed by atoms with Gasteiger partial charge in [0.15, 0.2) is 5.01 Å². The zero-order valence-corrected chi connectivity index (χ0v) is 9.62. The van der Waals surface area contributed by atoms with Gasteiger partial charge >= 0.3 is 0 Å². The lowest BCUT2D eigenvalue weighted by atomic mass is 10.4. The van der Waals surface area contributed by atoms with Crippen molar-refractivity contribution in [2.75, 3.05) is 19.0 Å². The topological polar surface area (TPSA) is 54.8 Å². The number of anilines is 1. The Kier molecular flexibility index (Phi) is 2.59. The molecule has 0 fully saturated rings.